The zero-order valence-corrected chi connectivity index (χ0v) is 18.4. The SMILES string of the molecule is CC1CCN(Cc2cccc(CNC(=O)C3C4CCC(C4)C3N)c2)CC1.Cl.Cl. The Balaban J connectivity index is 0.00000140. The molecule has 6 heteroatoms. The van der Waals surface area contributed by atoms with Gasteiger partial charge in [-0.05, 0) is 74.1 Å². The summed E-state index contributed by atoms with van der Waals surface area (Å²) in [6, 6.07) is 8.76. The number of hydrogen-bond donors (Lipinski definition) is 2. The molecule has 3 fully saturated rings. The van der Waals surface area contributed by atoms with Crippen LogP contribution in [0.4, 0.5) is 0 Å². The van der Waals surface area contributed by atoms with E-state index in [1.165, 1.54) is 49.9 Å². The van der Waals surface area contributed by atoms with Gasteiger partial charge >= 0.3 is 0 Å². The zero-order chi connectivity index (χ0) is 18.1. The number of likely N-dealkylation sites (tertiary alicyclic amines) is 1. The Labute approximate surface area is 181 Å². The first-order valence-electron chi connectivity index (χ1n) is 10.4. The van der Waals surface area contributed by atoms with Gasteiger partial charge in [-0.1, -0.05) is 31.2 Å². The number of fused-ring (bicyclic) bond motifs is 2. The minimum Gasteiger partial charge on any atom is -0.352 e. The molecule has 158 valence electrons. The van der Waals surface area contributed by atoms with E-state index in [1.807, 2.05) is 0 Å². The van der Waals surface area contributed by atoms with Crippen LogP contribution in [0.3, 0.4) is 0 Å². The van der Waals surface area contributed by atoms with Crippen molar-refractivity contribution in [3.63, 3.8) is 0 Å². The quantitative estimate of drug-likeness (QED) is 0.751. The molecule has 0 aromatic heterocycles. The highest BCUT2D eigenvalue weighted by molar-refractivity contribution is 5.85. The Kier molecular flexibility index (Phi) is 8.62. The van der Waals surface area contributed by atoms with Crippen LogP contribution in [-0.2, 0) is 17.9 Å². The molecule has 0 radical (unpaired) electrons. The maximum atomic E-state index is 12.7. The van der Waals surface area contributed by atoms with E-state index < -0.39 is 0 Å². The molecule has 4 nitrogen and oxygen atoms in total. The monoisotopic (exact) mass is 427 g/mol. The van der Waals surface area contributed by atoms with Crippen molar-refractivity contribution < 1.29 is 4.79 Å². The van der Waals surface area contributed by atoms with Gasteiger partial charge in [-0.3, -0.25) is 9.69 Å². The normalized spacial score (nSPS) is 29.8. The van der Waals surface area contributed by atoms with E-state index >= 15 is 0 Å². The maximum Gasteiger partial charge on any atom is 0.225 e. The van der Waals surface area contributed by atoms with Crippen LogP contribution in [-0.4, -0.2) is 29.9 Å². The standard InChI is InChI=1S/C22H33N3O.2ClH/c1-15-7-9-25(10-8-15)14-17-4-2-3-16(11-17)13-24-22(26)20-18-5-6-19(12-18)21(20)23;;/h2-4,11,15,18-21H,5-10,12-14,23H2,1H3,(H,24,26);2*1H. The number of amides is 1. The van der Waals surface area contributed by atoms with Crippen molar-refractivity contribution in [2.75, 3.05) is 13.1 Å². The van der Waals surface area contributed by atoms with Crippen molar-refractivity contribution in [1.82, 2.24) is 10.2 Å². The van der Waals surface area contributed by atoms with E-state index in [4.69, 9.17) is 5.73 Å². The second-order valence-corrected chi connectivity index (χ2v) is 8.93. The average molecular weight is 428 g/mol. The molecule has 1 aliphatic heterocycles. The lowest BCUT2D eigenvalue weighted by molar-refractivity contribution is -0.127. The second-order valence-electron chi connectivity index (χ2n) is 8.93. The number of carbonyl (C=O) groups excluding carboxylic acids is 1. The smallest absolute Gasteiger partial charge is 0.225 e. The van der Waals surface area contributed by atoms with E-state index in [0.29, 0.717) is 18.4 Å². The number of halogens is 2. The number of carbonyl (C=O) groups is 1. The van der Waals surface area contributed by atoms with Gasteiger partial charge in [-0.25, -0.2) is 0 Å². The third kappa shape index (κ3) is 5.21. The Bertz CT molecular complexity index is 646. The zero-order valence-electron chi connectivity index (χ0n) is 16.8. The van der Waals surface area contributed by atoms with Crippen molar-refractivity contribution in [2.45, 2.75) is 58.2 Å². The molecule has 4 atom stereocenters. The molecule has 4 unspecified atom stereocenters. The minimum atomic E-state index is 0. The average Bonchev–Trinajstić information content (AvgIpc) is 3.23. The molecule has 1 amide bonds. The summed E-state index contributed by atoms with van der Waals surface area (Å²) in [6.07, 6.45) is 6.16. The Hall–Kier alpha value is -0.810. The Morgan fingerprint density at radius 2 is 1.79 bits per heavy atom. The molecule has 1 heterocycles. The van der Waals surface area contributed by atoms with E-state index in [1.54, 1.807) is 0 Å². The van der Waals surface area contributed by atoms with Gasteiger partial charge in [0.25, 0.3) is 0 Å². The second kappa shape index (κ2) is 10.3. The predicted molar refractivity (Wildman–Crippen MR) is 119 cm³/mol. The van der Waals surface area contributed by atoms with Crippen LogP contribution < -0.4 is 11.1 Å². The van der Waals surface area contributed by atoms with Crippen LogP contribution in [0, 0.1) is 23.7 Å². The van der Waals surface area contributed by atoms with Gasteiger partial charge in [-0.15, -0.1) is 24.8 Å². The lowest BCUT2D eigenvalue weighted by atomic mass is 9.84. The van der Waals surface area contributed by atoms with Crippen LogP contribution in [0.15, 0.2) is 24.3 Å². The summed E-state index contributed by atoms with van der Waals surface area (Å²) in [5.41, 5.74) is 8.85. The number of piperidine rings is 1. The molecule has 2 bridgehead atoms. The van der Waals surface area contributed by atoms with Crippen LogP contribution >= 0.6 is 24.8 Å². The largest absolute Gasteiger partial charge is 0.352 e. The number of nitrogens with two attached hydrogens (primary N) is 1. The predicted octanol–water partition coefficient (Wildman–Crippen LogP) is 3.75. The summed E-state index contributed by atoms with van der Waals surface area (Å²) < 4.78 is 0. The minimum absolute atomic E-state index is 0. The van der Waals surface area contributed by atoms with Crippen LogP contribution in [0.2, 0.25) is 0 Å². The Morgan fingerprint density at radius 1 is 1.11 bits per heavy atom. The van der Waals surface area contributed by atoms with Gasteiger partial charge in [0.2, 0.25) is 5.91 Å². The van der Waals surface area contributed by atoms with Crippen molar-refractivity contribution in [1.29, 1.82) is 0 Å². The van der Waals surface area contributed by atoms with Gasteiger partial charge in [0.05, 0.1) is 5.92 Å². The molecule has 1 aromatic rings. The van der Waals surface area contributed by atoms with Crippen LogP contribution in [0.5, 0.6) is 0 Å². The summed E-state index contributed by atoms with van der Waals surface area (Å²) >= 11 is 0. The highest BCUT2D eigenvalue weighted by Gasteiger charge is 2.48. The molecule has 3 N–H and O–H groups in total. The third-order valence-electron chi connectivity index (χ3n) is 7.02. The van der Waals surface area contributed by atoms with Crippen LogP contribution in [0.25, 0.3) is 0 Å². The summed E-state index contributed by atoms with van der Waals surface area (Å²) in [5.74, 6) is 2.16. The van der Waals surface area contributed by atoms with E-state index in [2.05, 4.69) is 41.4 Å². The number of rotatable bonds is 5. The first-order chi connectivity index (χ1) is 12.6. The molecule has 4 rings (SSSR count). The van der Waals surface area contributed by atoms with Crippen molar-refractivity contribution >= 4 is 30.7 Å². The maximum absolute atomic E-state index is 12.7. The summed E-state index contributed by atoms with van der Waals surface area (Å²) in [7, 11) is 0. The molecule has 28 heavy (non-hydrogen) atoms. The number of nitrogens with one attached hydrogen (secondary N) is 1. The van der Waals surface area contributed by atoms with Gasteiger partial charge < -0.3 is 11.1 Å². The van der Waals surface area contributed by atoms with Crippen molar-refractivity contribution in [3.8, 4) is 0 Å². The fourth-order valence-electron chi connectivity index (χ4n) is 5.35. The van der Waals surface area contributed by atoms with Crippen LogP contribution in [0.1, 0.15) is 50.2 Å². The van der Waals surface area contributed by atoms with E-state index in [0.717, 1.165) is 18.9 Å². The molecular formula is C22H35Cl2N3O. The molecule has 0 spiro atoms. The number of nitrogens with zero attached hydrogens (tertiary/aromatic N) is 1. The number of hydrogen-bond acceptors (Lipinski definition) is 3. The van der Waals surface area contributed by atoms with Crippen molar-refractivity contribution in [2.24, 2.45) is 29.4 Å². The summed E-state index contributed by atoms with van der Waals surface area (Å²) in [5, 5.41) is 3.16. The highest BCUT2D eigenvalue weighted by Crippen LogP contribution is 2.47. The molecule has 2 aliphatic carbocycles. The van der Waals surface area contributed by atoms with Gasteiger partial charge in [0.15, 0.2) is 0 Å². The fraction of sp³-hybridized carbons (Fsp3) is 0.682. The molecular weight excluding hydrogens is 393 g/mol. The molecule has 3 aliphatic rings. The first kappa shape index (κ1) is 23.5. The lowest BCUT2D eigenvalue weighted by Gasteiger charge is -2.30. The topological polar surface area (TPSA) is 58.4 Å². The lowest BCUT2D eigenvalue weighted by Crippen LogP contribution is -2.45. The first-order valence-corrected chi connectivity index (χ1v) is 10.4. The third-order valence-corrected chi connectivity index (χ3v) is 7.02. The molecule has 1 aromatic carbocycles. The highest BCUT2D eigenvalue weighted by atomic mass is 35.5. The Morgan fingerprint density at radius 3 is 2.46 bits per heavy atom. The van der Waals surface area contributed by atoms with E-state index in [9.17, 15) is 4.79 Å². The van der Waals surface area contributed by atoms with Crippen molar-refractivity contribution in [3.05, 3.63) is 35.4 Å². The van der Waals surface area contributed by atoms with Gasteiger partial charge in [0.1, 0.15) is 0 Å². The van der Waals surface area contributed by atoms with Gasteiger partial charge in [-0.2, -0.15) is 0 Å². The molecule has 1 saturated heterocycles. The summed E-state index contributed by atoms with van der Waals surface area (Å²) in [6.45, 7) is 6.38. The fourth-order valence-corrected chi connectivity index (χ4v) is 5.35. The molecule has 2 saturated carbocycles. The number of benzene rings is 1. The van der Waals surface area contributed by atoms with E-state index in [-0.39, 0.29) is 42.7 Å². The van der Waals surface area contributed by atoms with Gasteiger partial charge in [0, 0.05) is 19.1 Å². The summed E-state index contributed by atoms with van der Waals surface area (Å²) in [4.78, 5) is 15.2.